The van der Waals surface area contributed by atoms with Gasteiger partial charge in [-0.2, -0.15) is 0 Å². The molecule has 2 atom stereocenters. The fourth-order valence-corrected chi connectivity index (χ4v) is 3.12. The first-order valence-corrected chi connectivity index (χ1v) is 6.58. The second-order valence-corrected chi connectivity index (χ2v) is 5.93. The topological polar surface area (TPSA) is 55.4 Å². The first kappa shape index (κ1) is 12.2. The lowest BCUT2D eigenvalue weighted by Crippen LogP contribution is -2.38. The highest BCUT2D eigenvalue weighted by Gasteiger charge is 2.44. The van der Waals surface area contributed by atoms with E-state index in [0.29, 0.717) is 0 Å². The maximum Gasteiger partial charge on any atom is 0.230 e. The number of ether oxygens (including phenoxy) is 1. The molecule has 0 radical (unpaired) electrons. The molecule has 1 N–H and O–H groups in total. The Morgan fingerprint density at radius 3 is 2.63 bits per heavy atom. The van der Waals surface area contributed by atoms with Crippen molar-refractivity contribution in [3.8, 4) is 5.75 Å². The van der Waals surface area contributed by atoms with Crippen LogP contribution in [0, 0.1) is 5.92 Å². The molecule has 19 heavy (non-hydrogen) atoms. The Morgan fingerprint density at radius 2 is 1.95 bits per heavy atom. The molecular formula is C15H17NO3. The number of hydrogen-bond donors (Lipinski definition) is 1. The summed E-state index contributed by atoms with van der Waals surface area (Å²) in [6.45, 7) is 4.04. The maximum absolute atomic E-state index is 11.9. The van der Waals surface area contributed by atoms with E-state index in [9.17, 15) is 9.59 Å². The Hall–Kier alpha value is -1.84. The number of benzene rings is 1. The Bertz CT molecular complexity index is 550. The van der Waals surface area contributed by atoms with Gasteiger partial charge in [0.2, 0.25) is 11.8 Å². The molecule has 2 heterocycles. The fraction of sp³-hybridized carbons (Fsp3) is 0.467. The molecule has 0 aromatic heterocycles. The van der Waals surface area contributed by atoms with Crippen LogP contribution in [-0.2, 0) is 9.59 Å². The average molecular weight is 259 g/mol. The van der Waals surface area contributed by atoms with Gasteiger partial charge in [-0.1, -0.05) is 18.2 Å². The van der Waals surface area contributed by atoms with Gasteiger partial charge in [0.25, 0.3) is 0 Å². The first-order chi connectivity index (χ1) is 8.96. The molecule has 2 aliphatic rings. The smallest absolute Gasteiger partial charge is 0.230 e. The third-order valence-corrected chi connectivity index (χ3v) is 3.91. The van der Waals surface area contributed by atoms with Crippen molar-refractivity contribution in [2.24, 2.45) is 5.92 Å². The minimum atomic E-state index is -0.315. The molecule has 2 aliphatic heterocycles. The molecule has 4 nitrogen and oxygen atoms in total. The molecule has 1 aromatic rings. The van der Waals surface area contributed by atoms with E-state index in [0.717, 1.165) is 17.7 Å². The maximum atomic E-state index is 11.9. The van der Waals surface area contributed by atoms with Crippen LogP contribution in [0.15, 0.2) is 24.3 Å². The largest absolute Gasteiger partial charge is 0.488 e. The van der Waals surface area contributed by atoms with Crippen molar-refractivity contribution in [1.29, 1.82) is 0 Å². The molecule has 4 heteroatoms. The summed E-state index contributed by atoms with van der Waals surface area (Å²) >= 11 is 0. The Labute approximate surface area is 112 Å². The van der Waals surface area contributed by atoms with Crippen LogP contribution in [0.4, 0.5) is 0 Å². The van der Waals surface area contributed by atoms with Gasteiger partial charge in [0.1, 0.15) is 11.4 Å². The van der Waals surface area contributed by atoms with Crippen LogP contribution in [0.1, 0.15) is 38.2 Å². The van der Waals surface area contributed by atoms with Crippen LogP contribution >= 0.6 is 0 Å². The molecule has 2 unspecified atom stereocenters. The zero-order valence-electron chi connectivity index (χ0n) is 11.1. The van der Waals surface area contributed by atoms with Gasteiger partial charge in [-0.3, -0.25) is 14.9 Å². The lowest BCUT2D eigenvalue weighted by atomic mass is 9.76. The summed E-state index contributed by atoms with van der Waals surface area (Å²) in [7, 11) is 0. The van der Waals surface area contributed by atoms with Crippen molar-refractivity contribution in [3.63, 3.8) is 0 Å². The van der Waals surface area contributed by atoms with E-state index >= 15 is 0 Å². The first-order valence-electron chi connectivity index (χ1n) is 6.58. The highest BCUT2D eigenvalue weighted by Crippen LogP contribution is 2.45. The van der Waals surface area contributed by atoms with Crippen LogP contribution in [0.5, 0.6) is 5.75 Å². The Balaban J connectivity index is 2.01. The van der Waals surface area contributed by atoms with Crippen LogP contribution in [0.3, 0.4) is 0 Å². The molecular weight excluding hydrogens is 242 g/mol. The van der Waals surface area contributed by atoms with E-state index in [-0.39, 0.29) is 35.7 Å². The fourth-order valence-electron chi connectivity index (χ4n) is 3.12. The molecule has 3 rings (SSSR count). The third kappa shape index (κ3) is 2.11. The van der Waals surface area contributed by atoms with Gasteiger partial charge in [-0.05, 0) is 31.9 Å². The number of hydrogen-bond acceptors (Lipinski definition) is 3. The SMILES string of the molecule is CC1(C)CC(C2CC(=O)NC2=O)c2ccccc2O1. The number of carbonyl (C=O) groups excluding carboxylic acids is 2. The van der Waals surface area contributed by atoms with Crippen molar-refractivity contribution in [1.82, 2.24) is 5.32 Å². The van der Waals surface area contributed by atoms with Gasteiger partial charge < -0.3 is 4.74 Å². The zero-order valence-corrected chi connectivity index (χ0v) is 11.1. The van der Waals surface area contributed by atoms with Gasteiger partial charge >= 0.3 is 0 Å². The molecule has 1 fully saturated rings. The molecule has 1 aromatic carbocycles. The standard InChI is InChI=1S/C15H17NO3/c1-15(2)8-11(10-7-13(17)16-14(10)18)9-5-3-4-6-12(9)19-15/h3-6,10-11H,7-8H2,1-2H3,(H,16,17,18). The predicted molar refractivity (Wildman–Crippen MR) is 69.8 cm³/mol. The highest BCUT2D eigenvalue weighted by molar-refractivity contribution is 6.04. The summed E-state index contributed by atoms with van der Waals surface area (Å²) in [6, 6.07) is 7.79. The number of nitrogens with one attached hydrogen (secondary N) is 1. The summed E-state index contributed by atoms with van der Waals surface area (Å²) in [6.07, 6.45) is 1.03. The lowest BCUT2D eigenvalue weighted by Gasteiger charge is -2.39. The Morgan fingerprint density at radius 1 is 1.21 bits per heavy atom. The van der Waals surface area contributed by atoms with Gasteiger partial charge in [0.15, 0.2) is 0 Å². The zero-order chi connectivity index (χ0) is 13.6. The second-order valence-electron chi connectivity index (χ2n) is 5.93. The Kier molecular flexibility index (Phi) is 2.62. The molecule has 0 bridgehead atoms. The van der Waals surface area contributed by atoms with Gasteiger partial charge in [0, 0.05) is 12.3 Å². The van der Waals surface area contributed by atoms with Crippen LogP contribution < -0.4 is 10.1 Å². The molecule has 100 valence electrons. The quantitative estimate of drug-likeness (QED) is 0.785. The van der Waals surface area contributed by atoms with Crippen LogP contribution in [0.2, 0.25) is 0 Å². The summed E-state index contributed by atoms with van der Waals surface area (Å²) < 4.78 is 5.95. The monoisotopic (exact) mass is 259 g/mol. The summed E-state index contributed by atoms with van der Waals surface area (Å²) in [5.74, 6) is 0.290. The van der Waals surface area contributed by atoms with E-state index in [2.05, 4.69) is 5.32 Å². The van der Waals surface area contributed by atoms with Gasteiger partial charge in [0.05, 0.1) is 5.92 Å². The minimum absolute atomic E-state index is 0.0476. The average Bonchev–Trinajstić information content (AvgIpc) is 2.66. The second kappa shape index (κ2) is 4.08. The summed E-state index contributed by atoms with van der Waals surface area (Å²) in [5, 5.41) is 2.40. The number of carbonyl (C=O) groups is 2. The van der Waals surface area contributed by atoms with E-state index in [4.69, 9.17) is 4.74 Å². The van der Waals surface area contributed by atoms with Crippen molar-refractivity contribution in [2.75, 3.05) is 0 Å². The van der Waals surface area contributed by atoms with E-state index in [1.807, 2.05) is 38.1 Å². The van der Waals surface area contributed by atoms with Crippen molar-refractivity contribution in [3.05, 3.63) is 29.8 Å². The number of fused-ring (bicyclic) bond motifs is 1. The number of para-hydroxylation sites is 1. The van der Waals surface area contributed by atoms with Crippen molar-refractivity contribution < 1.29 is 14.3 Å². The number of imide groups is 1. The predicted octanol–water partition coefficient (Wildman–Crippen LogP) is 1.99. The third-order valence-electron chi connectivity index (χ3n) is 3.91. The number of amides is 2. The minimum Gasteiger partial charge on any atom is -0.488 e. The molecule has 0 aliphatic carbocycles. The molecule has 0 saturated carbocycles. The lowest BCUT2D eigenvalue weighted by molar-refractivity contribution is -0.126. The molecule has 1 saturated heterocycles. The van der Waals surface area contributed by atoms with Crippen LogP contribution in [0.25, 0.3) is 0 Å². The van der Waals surface area contributed by atoms with E-state index < -0.39 is 0 Å². The van der Waals surface area contributed by atoms with Crippen LogP contribution in [-0.4, -0.2) is 17.4 Å². The highest BCUT2D eigenvalue weighted by atomic mass is 16.5. The summed E-state index contributed by atoms with van der Waals surface area (Å²) in [5.41, 5.74) is 0.724. The van der Waals surface area contributed by atoms with Gasteiger partial charge in [-0.25, -0.2) is 0 Å². The van der Waals surface area contributed by atoms with Crippen molar-refractivity contribution >= 4 is 11.8 Å². The molecule has 2 amide bonds. The van der Waals surface area contributed by atoms with E-state index in [1.165, 1.54) is 0 Å². The summed E-state index contributed by atoms with van der Waals surface area (Å²) in [4.78, 5) is 23.3. The van der Waals surface area contributed by atoms with Gasteiger partial charge in [-0.15, -0.1) is 0 Å². The normalized spacial score (nSPS) is 28.5. The molecule has 0 spiro atoms. The van der Waals surface area contributed by atoms with E-state index in [1.54, 1.807) is 0 Å². The van der Waals surface area contributed by atoms with Crippen molar-refractivity contribution in [2.45, 2.75) is 38.2 Å². The number of rotatable bonds is 1.